The molecule has 0 spiro atoms. The lowest BCUT2D eigenvalue weighted by molar-refractivity contribution is -0.256. The maximum atomic E-state index is 13.0. The number of hydrogen-bond acceptors (Lipinski definition) is 1. The number of halogens is 4. The van der Waals surface area contributed by atoms with Gasteiger partial charge in [0.25, 0.3) is 0 Å². The summed E-state index contributed by atoms with van der Waals surface area (Å²) in [4.78, 5) is 0. The number of hydrogen-bond donors (Lipinski definition) is 0. The van der Waals surface area contributed by atoms with Crippen LogP contribution in [0.3, 0.4) is 0 Å². The minimum Gasteiger partial charge on any atom is -0.378 e. The Morgan fingerprint density at radius 3 is 1.75 bits per heavy atom. The molecule has 1 nitrogen and oxygen atoms in total. The summed E-state index contributed by atoms with van der Waals surface area (Å²) in [5, 5.41) is 0. The number of rotatable bonds is 3. The van der Waals surface area contributed by atoms with Crippen molar-refractivity contribution in [2.24, 2.45) is 0 Å². The Kier molecular flexibility index (Phi) is 3.50. The van der Waals surface area contributed by atoms with Crippen LogP contribution in [0.5, 0.6) is 0 Å². The number of ether oxygens (including phenoxy) is 1. The van der Waals surface area contributed by atoms with Crippen LogP contribution in [0.1, 0.15) is 20.3 Å². The van der Waals surface area contributed by atoms with E-state index in [9.17, 15) is 17.6 Å². The van der Waals surface area contributed by atoms with Gasteiger partial charge in [0, 0.05) is 7.11 Å². The predicted octanol–water partition coefficient (Wildman–Crippen LogP) is 2.70. The summed E-state index contributed by atoms with van der Waals surface area (Å²) >= 11 is 0. The van der Waals surface area contributed by atoms with E-state index in [0.29, 0.717) is 6.92 Å². The Morgan fingerprint density at radius 1 is 1.25 bits per heavy atom. The number of methoxy groups -OCH3 is 1. The van der Waals surface area contributed by atoms with Gasteiger partial charge in [0.1, 0.15) is 0 Å². The molecular weight excluding hydrogens is 176 g/mol. The molecule has 0 saturated carbocycles. The smallest absolute Gasteiger partial charge is 0.378 e. The molecule has 0 aromatic heterocycles. The zero-order valence-electron chi connectivity index (χ0n) is 7.20. The number of alkyl halides is 4. The van der Waals surface area contributed by atoms with Crippen molar-refractivity contribution in [2.45, 2.75) is 38.2 Å². The zero-order chi connectivity index (χ0) is 9.99. The Bertz CT molecular complexity index is 137. The van der Waals surface area contributed by atoms with Crippen molar-refractivity contribution < 1.29 is 22.3 Å². The van der Waals surface area contributed by atoms with Crippen molar-refractivity contribution in [2.75, 3.05) is 7.11 Å². The summed E-state index contributed by atoms with van der Waals surface area (Å²) in [7, 11) is 1.07. The van der Waals surface area contributed by atoms with E-state index in [1.54, 1.807) is 0 Å². The molecule has 0 heterocycles. The summed E-state index contributed by atoms with van der Waals surface area (Å²) in [6, 6.07) is 0. The van der Waals surface area contributed by atoms with E-state index in [-0.39, 0.29) is 6.42 Å². The van der Waals surface area contributed by atoms with E-state index in [1.165, 1.54) is 6.92 Å². The van der Waals surface area contributed by atoms with E-state index < -0.39 is 17.9 Å². The summed E-state index contributed by atoms with van der Waals surface area (Å²) in [5.74, 6) is 0. The lowest BCUT2D eigenvalue weighted by Gasteiger charge is -2.30. The predicted molar refractivity (Wildman–Crippen MR) is 36.7 cm³/mol. The van der Waals surface area contributed by atoms with Crippen molar-refractivity contribution in [3.8, 4) is 0 Å². The molecule has 0 bridgehead atoms. The van der Waals surface area contributed by atoms with Gasteiger partial charge in [-0.25, -0.2) is 4.39 Å². The molecular formula is C7H12F4O. The van der Waals surface area contributed by atoms with Crippen LogP contribution in [-0.2, 0) is 4.74 Å². The van der Waals surface area contributed by atoms with Gasteiger partial charge in [0.05, 0.1) is 6.10 Å². The Labute approximate surface area is 68.7 Å². The topological polar surface area (TPSA) is 9.23 Å². The summed E-state index contributed by atoms with van der Waals surface area (Å²) in [6.07, 6.45) is -6.32. The van der Waals surface area contributed by atoms with Crippen molar-refractivity contribution >= 4 is 0 Å². The van der Waals surface area contributed by atoms with Crippen molar-refractivity contribution in [3.63, 3.8) is 0 Å². The molecule has 0 amide bonds. The fraction of sp³-hybridized carbons (Fsp3) is 1.00. The Balaban J connectivity index is 4.57. The van der Waals surface area contributed by atoms with Crippen molar-refractivity contribution in [3.05, 3.63) is 0 Å². The standard InChI is InChI=1S/C7H12F4O/c1-4-5(12-3)6(2,8)7(9,10)11/h5H,4H2,1-3H3. The Hall–Kier alpha value is -0.320. The highest BCUT2D eigenvalue weighted by molar-refractivity contribution is 4.89. The highest BCUT2D eigenvalue weighted by atomic mass is 19.4. The molecule has 2 unspecified atom stereocenters. The van der Waals surface area contributed by atoms with Crippen LogP contribution in [0.4, 0.5) is 17.6 Å². The minimum atomic E-state index is -4.87. The molecule has 5 heteroatoms. The summed E-state index contributed by atoms with van der Waals surface area (Å²) < 4.78 is 53.4. The first kappa shape index (κ1) is 11.7. The van der Waals surface area contributed by atoms with Gasteiger partial charge in [-0.2, -0.15) is 13.2 Å². The van der Waals surface area contributed by atoms with Gasteiger partial charge in [-0.1, -0.05) is 6.92 Å². The van der Waals surface area contributed by atoms with Gasteiger partial charge in [-0.15, -0.1) is 0 Å². The average Bonchev–Trinajstić information content (AvgIpc) is 1.87. The summed E-state index contributed by atoms with van der Waals surface area (Å²) in [6.45, 7) is 1.93. The second-order valence-electron chi connectivity index (χ2n) is 2.71. The van der Waals surface area contributed by atoms with Crippen LogP contribution >= 0.6 is 0 Å². The Morgan fingerprint density at radius 2 is 1.67 bits per heavy atom. The first-order chi connectivity index (χ1) is 5.27. The summed E-state index contributed by atoms with van der Waals surface area (Å²) in [5.41, 5.74) is -3.27. The van der Waals surface area contributed by atoms with E-state index in [0.717, 1.165) is 7.11 Å². The van der Waals surface area contributed by atoms with Crippen LogP contribution in [0.25, 0.3) is 0 Å². The first-order valence-corrected chi connectivity index (χ1v) is 3.55. The van der Waals surface area contributed by atoms with E-state index in [2.05, 4.69) is 4.74 Å². The van der Waals surface area contributed by atoms with Gasteiger partial charge >= 0.3 is 6.18 Å². The van der Waals surface area contributed by atoms with E-state index >= 15 is 0 Å². The SMILES string of the molecule is CCC(OC)C(C)(F)C(F)(F)F. The van der Waals surface area contributed by atoms with E-state index in [4.69, 9.17) is 0 Å². The second-order valence-corrected chi connectivity index (χ2v) is 2.71. The lowest BCUT2D eigenvalue weighted by Crippen LogP contribution is -2.48. The molecule has 0 aromatic carbocycles. The second kappa shape index (κ2) is 3.60. The van der Waals surface area contributed by atoms with Gasteiger partial charge in [-0.05, 0) is 13.3 Å². The molecule has 12 heavy (non-hydrogen) atoms. The zero-order valence-corrected chi connectivity index (χ0v) is 7.20. The average molecular weight is 188 g/mol. The molecule has 2 atom stereocenters. The highest BCUT2D eigenvalue weighted by Crippen LogP contribution is 2.38. The van der Waals surface area contributed by atoms with Gasteiger partial charge < -0.3 is 4.74 Å². The highest BCUT2D eigenvalue weighted by Gasteiger charge is 2.56. The third-order valence-corrected chi connectivity index (χ3v) is 1.81. The molecule has 0 aliphatic heterocycles. The molecule has 74 valence electrons. The molecule has 0 N–H and O–H groups in total. The van der Waals surface area contributed by atoms with Gasteiger partial charge in [0.2, 0.25) is 5.67 Å². The third-order valence-electron chi connectivity index (χ3n) is 1.81. The van der Waals surface area contributed by atoms with Crippen molar-refractivity contribution in [1.29, 1.82) is 0 Å². The molecule has 0 fully saturated rings. The van der Waals surface area contributed by atoms with Crippen LogP contribution in [0.2, 0.25) is 0 Å². The molecule has 0 aliphatic rings. The van der Waals surface area contributed by atoms with Crippen LogP contribution in [0, 0.1) is 0 Å². The van der Waals surface area contributed by atoms with Gasteiger partial charge in [0.15, 0.2) is 0 Å². The van der Waals surface area contributed by atoms with Crippen LogP contribution < -0.4 is 0 Å². The van der Waals surface area contributed by atoms with Gasteiger partial charge in [-0.3, -0.25) is 0 Å². The van der Waals surface area contributed by atoms with E-state index in [1.807, 2.05) is 0 Å². The molecule has 0 radical (unpaired) electrons. The van der Waals surface area contributed by atoms with Crippen LogP contribution in [0.15, 0.2) is 0 Å². The molecule has 0 rings (SSSR count). The lowest BCUT2D eigenvalue weighted by atomic mass is 9.98. The maximum absolute atomic E-state index is 13.0. The third kappa shape index (κ3) is 2.09. The largest absolute Gasteiger partial charge is 0.424 e. The molecule has 0 aromatic rings. The quantitative estimate of drug-likeness (QED) is 0.619. The first-order valence-electron chi connectivity index (χ1n) is 3.55. The fourth-order valence-corrected chi connectivity index (χ4v) is 0.954. The molecule has 0 saturated heterocycles. The molecule has 0 aliphatic carbocycles. The normalized spacial score (nSPS) is 20.2. The van der Waals surface area contributed by atoms with Crippen LogP contribution in [-0.4, -0.2) is 25.1 Å². The fourth-order valence-electron chi connectivity index (χ4n) is 0.954. The maximum Gasteiger partial charge on any atom is 0.424 e. The monoisotopic (exact) mass is 188 g/mol. The minimum absolute atomic E-state index is 0.0109. The van der Waals surface area contributed by atoms with Crippen molar-refractivity contribution in [1.82, 2.24) is 0 Å².